The lowest BCUT2D eigenvalue weighted by Gasteiger charge is -2.44. The molecule has 0 bridgehead atoms. The van der Waals surface area contributed by atoms with Gasteiger partial charge in [-0.05, 0) is 41.7 Å². The maximum absolute atomic E-state index is 12.8. The van der Waals surface area contributed by atoms with Gasteiger partial charge >= 0.3 is 6.09 Å². The molecule has 0 saturated heterocycles. The number of benzene rings is 3. The second-order valence-electron chi connectivity index (χ2n) is 11.1. The van der Waals surface area contributed by atoms with E-state index in [9.17, 15) is 9.90 Å². The highest BCUT2D eigenvalue weighted by Gasteiger charge is 2.50. The quantitative estimate of drug-likeness (QED) is 0.414. The minimum Gasteiger partial charge on any atom is -0.444 e. The summed E-state index contributed by atoms with van der Waals surface area (Å²) in [4.78, 5) is 12.8. The van der Waals surface area contributed by atoms with E-state index in [2.05, 4.69) is 50.4 Å². The van der Waals surface area contributed by atoms with Crippen LogP contribution in [0.2, 0.25) is 5.04 Å². The normalized spacial score (nSPS) is 14.1. The number of hydrogen-bond acceptors (Lipinski definition) is 4. The van der Waals surface area contributed by atoms with Crippen molar-refractivity contribution in [3.8, 4) is 0 Å². The number of ether oxygens (including phenoxy) is 1. The zero-order chi connectivity index (χ0) is 26.4. The highest BCUT2D eigenvalue weighted by atomic mass is 28.4. The number of amides is 1. The summed E-state index contributed by atoms with van der Waals surface area (Å²) in [6.07, 6.45) is -1.56. The summed E-state index contributed by atoms with van der Waals surface area (Å²) in [6.45, 7) is 12.1. The van der Waals surface area contributed by atoms with Crippen LogP contribution in [0.3, 0.4) is 0 Å². The number of aliphatic hydroxyl groups is 1. The third kappa shape index (κ3) is 6.63. The molecule has 3 aromatic rings. The average molecular weight is 506 g/mol. The topological polar surface area (TPSA) is 67.8 Å². The number of alkyl carbamates (subject to hydrolysis) is 1. The number of carbonyl (C=O) groups is 1. The molecule has 1 amide bonds. The van der Waals surface area contributed by atoms with Crippen LogP contribution in [0.4, 0.5) is 4.79 Å². The van der Waals surface area contributed by atoms with Crippen molar-refractivity contribution in [2.45, 2.75) is 64.3 Å². The number of aliphatic hydroxyl groups excluding tert-OH is 1. The SMILES string of the molecule is CC(C)(C)OC(=O)N[C@@H](CO[Si](c1ccccc1)(c1ccccc1)C(C)(C)C)[C@@H](O)c1ccccc1. The molecule has 0 radical (unpaired) electrons. The van der Waals surface area contributed by atoms with Gasteiger partial charge in [0, 0.05) is 0 Å². The van der Waals surface area contributed by atoms with Crippen LogP contribution in [0.5, 0.6) is 0 Å². The Morgan fingerprint density at radius 3 is 1.67 bits per heavy atom. The fraction of sp³-hybridized carbons (Fsp3) is 0.367. The minimum absolute atomic E-state index is 0.114. The monoisotopic (exact) mass is 505 g/mol. The number of hydrogen-bond donors (Lipinski definition) is 2. The van der Waals surface area contributed by atoms with Crippen LogP contribution in [-0.4, -0.2) is 37.8 Å². The van der Waals surface area contributed by atoms with Crippen LogP contribution in [0.15, 0.2) is 91.0 Å². The molecule has 0 aromatic heterocycles. The number of carbonyl (C=O) groups excluding carboxylic acids is 1. The van der Waals surface area contributed by atoms with Gasteiger partial charge in [0.25, 0.3) is 8.32 Å². The lowest BCUT2D eigenvalue weighted by molar-refractivity contribution is 0.0361. The zero-order valence-corrected chi connectivity index (χ0v) is 23.2. The number of rotatable bonds is 8. The van der Waals surface area contributed by atoms with Crippen LogP contribution in [0.1, 0.15) is 53.2 Å². The van der Waals surface area contributed by atoms with Crippen LogP contribution in [0, 0.1) is 0 Å². The molecule has 36 heavy (non-hydrogen) atoms. The summed E-state index contributed by atoms with van der Waals surface area (Å²) in [5.41, 5.74) is 0.0372. The van der Waals surface area contributed by atoms with E-state index in [-0.39, 0.29) is 11.6 Å². The first-order valence-corrected chi connectivity index (χ1v) is 14.3. The zero-order valence-electron chi connectivity index (χ0n) is 22.2. The first kappa shape index (κ1) is 27.7. The second kappa shape index (κ2) is 11.4. The molecule has 0 saturated carbocycles. The summed E-state index contributed by atoms with van der Waals surface area (Å²) in [5, 5.41) is 16.3. The van der Waals surface area contributed by atoms with E-state index < -0.39 is 32.2 Å². The van der Waals surface area contributed by atoms with Gasteiger partial charge in [-0.3, -0.25) is 0 Å². The van der Waals surface area contributed by atoms with Crippen molar-refractivity contribution in [1.82, 2.24) is 5.32 Å². The molecule has 0 aliphatic rings. The molecule has 3 rings (SSSR count). The summed E-state index contributed by atoms with van der Waals surface area (Å²) in [7, 11) is -2.86. The van der Waals surface area contributed by atoms with Crippen molar-refractivity contribution in [3.63, 3.8) is 0 Å². The fourth-order valence-corrected chi connectivity index (χ4v) is 9.11. The first-order valence-electron chi connectivity index (χ1n) is 12.4. The van der Waals surface area contributed by atoms with Crippen LogP contribution >= 0.6 is 0 Å². The fourth-order valence-electron chi connectivity index (χ4n) is 4.53. The van der Waals surface area contributed by atoms with Crippen LogP contribution in [0.25, 0.3) is 0 Å². The Kier molecular flexibility index (Phi) is 8.77. The van der Waals surface area contributed by atoms with Gasteiger partial charge in [0.2, 0.25) is 0 Å². The molecular formula is C30H39NO4Si. The van der Waals surface area contributed by atoms with Gasteiger partial charge in [0.05, 0.1) is 12.6 Å². The van der Waals surface area contributed by atoms with E-state index in [4.69, 9.17) is 9.16 Å². The first-order chi connectivity index (χ1) is 16.9. The molecule has 0 aliphatic heterocycles. The molecule has 0 heterocycles. The molecule has 2 atom stereocenters. The second-order valence-corrected chi connectivity index (χ2v) is 15.4. The molecule has 0 unspecified atom stereocenters. The van der Waals surface area contributed by atoms with Gasteiger partial charge < -0.3 is 19.6 Å². The van der Waals surface area contributed by atoms with Crippen molar-refractivity contribution >= 4 is 24.8 Å². The van der Waals surface area contributed by atoms with Crippen molar-refractivity contribution in [1.29, 1.82) is 0 Å². The van der Waals surface area contributed by atoms with Crippen LogP contribution < -0.4 is 15.7 Å². The largest absolute Gasteiger partial charge is 0.444 e. The van der Waals surface area contributed by atoms with E-state index in [1.165, 1.54) is 0 Å². The van der Waals surface area contributed by atoms with Crippen molar-refractivity contribution in [2.75, 3.05) is 6.61 Å². The standard InChI is InChI=1S/C30H39NO4Si/c1-29(2,3)35-28(33)31-26(27(32)23-16-10-7-11-17-23)22-34-36(30(4,5)6,24-18-12-8-13-19-24)25-20-14-9-15-21-25/h7-21,26-27,32H,22H2,1-6H3,(H,31,33)/t26-,27-/m0/s1. The van der Waals surface area contributed by atoms with E-state index in [0.717, 1.165) is 10.4 Å². The highest BCUT2D eigenvalue weighted by Crippen LogP contribution is 2.37. The summed E-state index contributed by atoms with van der Waals surface area (Å²) in [6, 6.07) is 29.2. The molecule has 0 aliphatic carbocycles. The maximum Gasteiger partial charge on any atom is 0.408 e. The predicted octanol–water partition coefficient (Wildman–Crippen LogP) is 5.19. The van der Waals surface area contributed by atoms with E-state index >= 15 is 0 Å². The summed E-state index contributed by atoms with van der Waals surface area (Å²) < 4.78 is 12.5. The Morgan fingerprint density at radius 2 is 1.25 bits per heavy atom. The lowest BCUT2D eigenvalue weighted by atomic mass is 10.0. The molecular weight excluding hydrogens is 466 g/mol. The molecule has 0 fully saturated rings. The van der Waals surface area contributed by atoms with Crippen LogP contribution in [-0.2, 0) is 9.16 Å². The van der Waals surface area contributed by atoms with E-state index in [1.54, 1.807) is 0 Å². The molecule has 5 nitrogen and oxygen atoms in total. The van der Waals surface area contributed by atoms with Crippen molar-refractivity contribution in [3.05, 3.63) is 96.6 Å². The molecule has 3 aromatic carbocycles. The predicted molar refractivity (Wildman–Crippen MR) is 148 cm³/mol. The highest BCUT2D eigenvalue weighted by molar-refractivity contribution is 6.99. The number of nitrogens with one attached hydrogen (secondary N) is 1. The van der Waals surface area contributed by atoms with Gasteiger partial charge in [0.1, 0.15) is 11.7 Å². The summed E-state index contributed by atoms with van der Waals surface area (Å²) >= 11 is 0. The Morgan fingerprint density at radius 1 is 0.806 bits per heavy atom. The van der Waals surface area contributed by atoms with Gasteiger partial charge in [0.15, 0.2) is 0 Å². The van der Waals surface area contributed by atoms with E-state index in [1.807, 2.05) is 87.5 Å². The third-order valence-corrected chi connectivity index (χ3v) is 11.1. The Labute approximate surface area is 216 Å². The average Bonchev–Trinajstić information content (AvgIpc) is 2.83. The smallest absolute Gasteiger partial charge is 0.408 e. The van der Waals surface area contributed by atoms with Crippen molar-refractivity contribution in [2.24, 2.45) is 0 Å². The molecule has 192 valence electrons. The van der Waals surface area contributed by atoms with E-state index in [0.29, 0.717) is 5.56 Å². The molecule has 0 spiro atoms. The van der Waals surface area contributed by atoms with Crippen molar-refractivity contribution < 1.29 is 19.1 Å². The Balaban J connectivity index is 2.03. The molecule has 2 N–H and O–H groups in total. The third-order valence-electron chi connectivity index (χ3n) is 6.12. The minimum atomic E-state index is -2.86. The Hall–Kier alpha value is -2.93. The Bertz CT molecular complexity index is 1050. The van der Waals surface area contributed by atoms with Gasteiger partial charge in [-0.15, -0.1) is 0 Å². The maximum atomic E-state index is 12.8. The summed E-state index contributed by atoms with van der Waals surface area (Å²) in [5.74, 6) is 0. The lowest BCUT2D eigenvalue weighted by Crippen LogP contribution is -2.67. The van der Waals surface area contributed by atoms with Gasteiger partial charge in [-0.1, -0.05) is 112 Å². The van der Waals surface area contributed by atoms with Gasteiger partial charge in [-0.25, -0.2) is 4.79 Å². The molecule has 6 heteroatoms. The van der Waals surface area contributed by atoms with Gasteiger partial charge in [-0.2, -0.15) is 0 Å².